The maximum absolute atomic E-state index is 13.4. The second-order valence-electron chi connectivity index (χ2n) is 18.2. The van der Waals surface area contributed by atoms with Crippen LogP contribution < -0.4 is 20.9 Å². The first-order chi connectivity index (χ1) is 29.4. The molecular formula is C46H57ClN4O8S2Si. The van der Waals surface area contributed by atoms with Crippen LogP contribution in [0.4, 0.5) is 5.69 Å². The highest BCUT2D eigenvalue weighted by Crippen LogP contribution is 2.51. The number of anilines is 1. The van der Waals surface area contributed by atoms with Gasteiger partial charge < -0.3 is 44.6 Å². The van der Waals surface area contributed by atoms with Crippen LogP contribution in [-0.4, -0.2) is 79.7 Å². The zero-order chi connectivity index (χ0) is 44.5. The average molecular weight is 922 g/mol. The summed E-state index contributed by atoms with van der Waals surface area (Å²) in [6, 6.07) is 17.3. The van der Waals surface area contributed by atoms with Gasteiger partial charge >= 0.3 is 5.97 Å². The maximum atomic E-state index is 13.4. The van der Waals surface area contributed by atoms with Crippen molar-refractivity contribution in [1.29, 1.82) is 0 Å². The number of nitrogens with one attached hydrogen (secondary N) is 3. The van der Waals surface area contributed by atoms with E-state index in [-0.39, 0.29) is 33.8 Å². The first-order valence-electron chi connectivity index (χ1n) is 21.0. The van der Waals surface area contributed by atoms with Crippen LogP contribution in [0.5, 0.6) is 11.5 Å². The van der Waals surface area contributed by atoms with E-state index in [2.05, 4.69) is 54.4 Å². The molecule has 332 valence electrons. The van der Waals surface area contributed by atoms with Gasteiger partial charge in [-0.15, -0.1) is 22.7 Å². The molecule has 16 heteroatoms. The van der Waals surface area contributed by atoms with Crippen molar-refractivity contribution in [2.45, 2.75) is 95.4 Å². The fourth-order valence-electron chi connectivity index (χ4n) is 8.29. The maximum Gasteiger partial charge on any atom is 0.349 e. The minimum atomic E-state index is -2.28. The number of pyridine rings is 1. The Morgan fingerprint density at radius 3 is 2.32 bits per heavy atom. The number of aromatic hydroxyl groups is 1. The number of thiophene rings is 2. The van der Waals surface area contributed by atoms with Crippen LogP contribution in [-0.2, 0) is 30.9 Å². The Bertz CT molecular complexity index is 2380. The molecular weight excluding hydrogens is 864 g/mol. The Labute approximate surface area is 376 Å². The largest absolute Gasteiger partial charge is 0.506 e. The number of carbonyl (C=O) groups excluding carboxylic acids is 2. The summed E-state index contributed by atoms with van der Waals surface area (Å²) >= 11 is 9.44. The van der Waals surface area contributed by atoms with E-state index in [1.807, 2.05) is 29.0 Å². The number of piperidine rings is 1. The number of amides is 1. The number of aromatic nitrogens is 1. The third kappa shape index (κ3) is 9.85. The zero-order valence-electron chi connectivity index (χ0n) is 36.1. The van der Waals surface area contributed by atoms with Crippen molar-refractivity contribution in [2.75, 3.05) is 38.6 Å². The molecule has 0 radical (unpaired) electrons. The molecule has 1 aliphatic carbocycles. The number of aliphatic hydroxyl groups is 1. The van der Waals surface area contributed by atoms with E-state index >= 15 is 0 Å². The molecule has 2 fully saturated rings. The minimum absolute atomic E-state index is 0.00621. The van der Waals surface area contributed by atoms with Crippen molar-refractivity contribution < 1.29 is 33.7 Å². The summed E-state index contributed by atoms with van der Waals surface area (Å²) in [6.45, 7) is 14.1. The lowest BCUT2D eigenvalue weighted by Crippen LogP contribution is -2.52. The van der Waals surface area contributed by atoms with Crippen LogP contribution in [0.15, 0.2) is 76.2 Å². The predicted molar refractivity (Wildman–Crippen MR) is 249 cm³/mol. The van der Waals surface area contributed by atoms with Crippen molar-refractivity contribution in [3.05, 3.63) is 108 Å². The number of methoxy groups -OCH3 is 1. The van der Waals surface area contributed by atoms with Crippen LogP contribution in [0.25, 0.3) is 10.9 Å². The van der Waals surface area contributed by atoms with Crippen LogP contribution in [0.3, 0.4) is 0 Å². The summed E-state index contributed by atoms with van der Waals surface area (Å²) in [5, 5.41) is 33.4. The molecule has 12 nitrogen and oxygen atoms in total. The topological polar surface area (TPSA) is 162 Å². The van der Waals surface area contributed by atoms with Crippen LogP contribution in [0.2, 0.25) is 23.2 Å². The van der Waals surface area contributed by atoms with Gasteiger partial charge in [-0.25, -0.2) is 4.79 Å². The quantitative estimate of drug-likeness (QED) is 0.0477. The van der Waals surface area contributed by atoms with Crippen molar-refractivity contribution >= 4 is 71.1 Å². The first-order valence-corrected chi connectivity index (χ1v) is 26.1. The minimum Gasteiger partial charge on any atom is -0.506 e. The van der Waals surface area contributed by atoms with Crippen molar-refractivity contribution in [3.63, 3.8) is 0 Å². The number of benzene rings is 2. The Hall–Kier alpha value is -4.06. The number of hydrogen-bond acceptors (Lipinski definition) is 12. The monoisotopic (exact) mass is 920 g/mol. The molecule has 4 heterocycles. The molecule has 1 atom stereocenters. The van der Waals surface area contributed by atoms with Crippen LogP contribution in [0.1, 0.15) is 79.9 Å². The van der Waals surface area contributed by atoms with Crippen molar-refractivity contribution in [1.82, 2.24) is 15.2 Å². The third-order valence-electron chi connectivity index (χ3n) is 13.0. The van der Waals surface area contributed by atoms with Gasteiger partial charge in [0.25, 0.3) is 0 Å². The van der Waals surface area contributed by atoms with Gasteiger partial charge in [0.2, 0.25) is 17.1 Å². The van der Waals surface area contributed by atoms with Crippen molar-refractivity contribution in [3.8, 4) is 11.5 Å². The Kier molecular flexibility index (Phi) is 13.8. The molecule has 7 rings (SSSR count). The number of phenols is 1. The van der Waals surface area contributed by atoms with E-state index in [1.54, 1.807) is 43.5 Å². The molecule has 2 aromatic carbocycles. The summed E-state index contributed by atoms with van der Waals surface area (Å²) in [6.07, 6.45) is 3.13. The van der Waals surface area contributed by atoms with Gasteiger partial charge in [-0.3, -0.25) is 9.59 Å². The molecule has 0 bridgehead atoms. The molecule has 1 amide bonds. The number of aromatic amines is 1. The van der Waals surface area contributed by atoms with Crippen LogP contribution in [0, 0.1) is 5.41 Å². The number of likely N-dealkylation sites (tertiary alicyclic amines) is 1. The standard InChI is InChI=1S/C46H57ClN4O8S2Si/c1-44(2,3)62(5,6)59-37(31-11-13-35(52)42-32(31)12-14-40(53)50-42)28-48-27-29-23-33(47)34(24-36(29)57-4)49-41(54)15-18-51-19-16-45(17-20-51)25-30(26-45)58-43(55)46(56,38-9-7-21-60-38)39-10-8-22-61-39/h7-14,21-24,30,37,48,52,56H,15-20,25-28H2,1-6H3,(H,49,54)(H,50,53)/t37-/m0/s1. The smallest absolute Gasteiger partial charge is 0.349 e. The summed E-state index contributed by atoms with van der Waals surface area (Å²) in [7, 11) is -0.696. The molecule has 5 N–H and O–H groups in total. The third-order valence-corrected chi connectivity index (χ3v) is 19.8. The highest BCUT2D eigenvalue weighted by atomic mass is 35.5. The highest BCUT2D eigenvalue weighted by molar-refractivity contribution is 7.12. The number of halogens is 1. The molecule has 2 aliphatic rings. The van der Waals surface area contributed by atoms with E-state index in [0.29, 0.717) is 63.2 Å². The Morgan fingerprint density at radius 2 is 1.71 bits per heavy atom. The average Bonchev–Trinajstić information content (AvgIpc) is 3.97. The molecule has 0 unspecified atom stereocenters. The fourth-order valence-corrected chi connectivity index (χ4v) is 11.5. The van der Waals surface area contributed by atoms with E-state index in [9.17, 15) is 24.6 Å². The zero-order valence-corrected chi connectivity index (χ0v) is 39.5. The molecule has 62 heavy (non-hydrogen) atoms. The first kappa shape index (κ1) is 45.9. The predicted octanol–water partition coefficient (Wildman–Crippen LogP) is 8.92. The Balaban J connectivity index is 0.904. The molecule has 1 saturated carbocycles. The van der Waals surface area contributed by atoms with Gasteiger partial charge in [-0.05, 0) is 109 Å². The molecule has 5 aromatic rings. The van der Waals surface area contributed by atoms with Gasteiger partial charge in [0.05, 0.1) is 39.2 Å². The van der Waals surface area contributed by atoms with Gasteiger partial charge in [0.1, 0.15) is 17.6 Å². The summed E-state index contributed by atoms with van der Waals surface area (Å²) in [5.74, 6) is -0.200. The lowest BCUT2D eigenvalue weighted by atomic mass is 9.61. The summed E-state index contributed by atoms with van der Waals surface area (Å²) in [5.41, 5.74) is 0.501. The van der Waals surface area contributed by atoms with Gasteiger partial charge in [0.15, 0.2) is 8.32 Å². The summed E-state index contributed by atoms with van der Waals surface area (Å²) < 4.78 is 18.6. The number of ether oxygens (including phenoxy) is 2. The summed E-state index contributed by atoms with van der Waals surface area (Å²) in [4.78, 5) is 45.0. The normalized spacial score (nSPS) is 16.6. The molecule has 1 spiro atoms. The van der Waals surface area contributed by atoms with Crippen molar-refractivity contribution in [2.24, 2.45) is 5.41 Å². The van der Waals surface area contributed by atoms with E-state index in [1.165, 1.54) is 28.7 Å². The van der Waals surface area contributed by atoms with E-state index < -0.39 is 26.0 Å². The van der Waals surface area contributed by atoms with E-state index in [0.717, 1.165) is 49.9 Å². The second kappa shape index (κ2) is 18.6. The van der Waals surface area contributed by atoms with Gasteiger partial charge in [-0.1, -0.05) is 50.6 Å². The Morgan fingerprint density at radius 1 is 1.03 bits per heavy atom. The molecule has 1 saturated heterocycles. The number of esters is 1. The number of rotatable bonds is 16. The van der Waals surface area contributed by atoms with Gasteiger partial charge in [-0.2, -0.15) is 0 Å². The number of hydrogen-bond donors (Lipinski definition) is 5. The molecule has 1 aliphatic heterocycles. The number of nitrogens with zero attached hydrogens (tertiary/aromatic N) is 1. The van der Waals surface area contributed by atoms with E-state index in [4.69, 9.17) is 25.5 Å². The lowest BCUT2D eigenvalue weighted by molar-refractivity contribution is -0.181. The highest BCUT2D eigenvalue weighted by Gasteiger charge is 2.51. The number of H-pyrrole nitrogens is 1. The van der Waals surface area contributed by atoms with Crippen LogP contribution >= 0.6 is 34.3 Å². The van der Waals surface area contributed by atoms with Gasteiger partial charge in [0, 0.05) is 49.1 Å². The number of phenolic OH excluding ortho intramolecular Hbond substituents is 1. The second-order valence-corrected chi connectivity index (χ2v) is 25.2. The number of carbonyl (C=O) groups is 2. The SMILES string of the molecule is COc1cc(NC(=O)CCN2CCC3(CC2)CC(OC(=O)C(O)(c2cccs2)c2cccs2)C3)c(Cl)cc1CNC[C@H](O[Si](C)(C)C(C)(C)C)c1ccc(O)c2[nH]c(=O)ccc12. The lowest BCUT2D eigenvalue weighted by Gasteiger charge is -2.51. The fraction of sp³-hybridized carbons (Fsp3) is 0.457. The number of fused-ring (bicyclic) bond motifs is 1. The molecule has 3 aromatic heterocycles.